The van der Waals surface area contributed by atoms with Gasteiger partial charge in [-0.15, -0.1) is 0 Å². The molecule has 0 amide bonds. The van der Waals surface area contributed by atoms with Gasteiger partial charge in [-0.25, -0.2) is 4.98 Å². The molecular formula is C23H30N2O3S. The van der Waals surface area contributed by atoms with Gasteiger partial charge in [-0.1, -0.05) is 37.0 Å². The Bertz CT molecular complexity index is 826. The van der Waals surface area contributed by atoms with Crippen LogP contribution in [0.25, 0.3) is 6.08 Å². The zero-order valence-corrected chi connectivity index (χ0v) is 18.5. The average Bonchev–Trinajstić information content (AvgIpc) is 3.38. The topological polar surface area (TPSA) is 47.7 Å². The first-order valence-electron chi connectivity index (χ1n) is 9.67. The van der Waals surface area contributed by atoms with Crippen molar-refractivity contribution >= 4 is 17.4 Å². The molecule has 0 N–H and O–H groups in total. The summed E-state index contributed by atoms with van der Waals surface area (Å²) in [4.78, 5) is 6.58. The van der Waals surface area contributed by atoms with Gasteiger partial charge in [-0.05, 0) is 48.9 Å². The monoisotopic (exact) mass is 414 g/mol. The van der Waals surface area contributed by atoms with E-state index in [9.17, 15) is 0 Å². The Balaban J connectivity index is 1.72. The van der Waals surface area contributed by atoms with Gasteiger partial charge < -0.3 is 13.9 Å². The Morgan fingerprint density at radius 1 is 1.34 bits per heavy atom. The zero-order chi connectivity index (χ0) is 21.0. The van der Waals surface area contributed by atoms with Gasteiger partial charge in [-0.2, -0.15) is 11.3 Å². The molecule has 0 aromatic carbocycles. The summed E-state index contributed by atoms with van der Waals surface area (Å²) < 4.78 is 16.7. The lowest BCUT2D eigenvalue weighted by Crippen LogP contribution is -2.23. The second-order valence-electron chi connectivity index (χ2n) is 6.91. The number of nitrogens with zero attached hydrogens (tertiary/aromatic N) is 2. The molecule has 2 aromatic heterocycles. The standard InChI is InChI=1S/C23H30N2O3S/c1-5-25(13-8-6-7-12-23(2,3)26-4)17-22-24-16-21(28-22)18-27-14-9-10-20-11-15-29-19-20/h6,8-11,15-16,19H,5,13-14,17-18H2,1-4H3. The highest BCUT2D eigenvalue weighted by atomic mass is 32.1. The van der Waals surface area contributed by atoms with Crippen molar-refractivity contribution in [1.82, 2.24) is 9.88 Å². The molecule has 5 nitrogen and oxygen atoms in total. The Labute approximate surface area is 178 Å². The molecule has 156 valence electrons. The second-order valence-corrected chi connectivity index (χ2v) is 7.69. The van der Waals surface area contributed by atoms with Crippen LogP contribution >= 0.6 is 11.3 Å². The predicted octanol–water partition coefficient (Wildman–Crippen LogP) is 4.77. The van der Waals surface area contributed by atoms with Gasteiger partial charge in [-0.3, -0.25) is 4.90 Å². The van der Waals surface area contributed by atoms with E-state index in [0.717, 1.165) is 18.8 Å². The minimum atomic E-state index is -0.426. The maximum atomic E-state index is 5.79. The van der Waals surface area contributed by atoms with E-state index >= 15 is 0 Å². The van der Waals surface area contributed by atoms with Gasteiger partial charge in [0.1, 0.15) is 18.0 Å². The average molecular weight is 415 g/mol. The number of hydrogen-bond donors (Lipinski definition) is 0. The number of thiophene rings is 1. The predicted molar refractivity (Wildman–Crippen MR) is 118 cm³/mol. The van der Waals surface area contributed by atoms with Gasteiger partial charge in [0.05, 0.1) is 19.3 Å². The molecule has 0 aliphatic carbocycles. The fourth-order valence-corrected chi connectivity index (χ4v) is 2.92. The third-order valence-corrected chi connectivity index (χ3v) is 4.87. The first kappa shape index (κ1) is 23.1. The third kappa shape index (κ3) is 9.25. The van der Waals surface area contributed by atoms with E-state index < -0.39 is 5.60 Å². The summed E-state index contributed by atoms with van der Waals surface area (Å²) in [5.74, 6) is 7.52. The minimum Gasteiger partial charge on any atom is -0.442 e. The normalized spacial score (nSPS) is 12.2. The van der Waals surface area contributed by atoms with Gasteiger partial charge in [0.25, 0.3) is 0 Å². The molecule has 6 heteroatoms. The van der Waals surface area contributed by atoms with Gasteiger partial charge in [0.15, 0.2) is 0 Å². The summed E-state index contributed by atoms with van der Waals surface area (Å²) in [6.07, 6.45) is 9.69. The van der Waals surface area contributed by atoms with Gasteiger partial charge in [0.2, 0.25) is 5.89 Å². The van der Waals surface area contributed by atoms with Crippen LogP contribution in [0.5, 0.6) is 0 Å². The summed E-state index contributed by atoms with van der Waals surface area (Å²) >= 11 is 1.68. The molecule has 0 unspecified atom stereocenters. The van der Waals surface area contributed by atoms with Crippen LogP contribution in [0.1, 0.15) is 38.0 Å². The Hall–Kier alpha value is -2.17. The maximum Gasteiger partial charge on any atom is 0.208 e. The van der Waals surface area contributed by atoms with Gasteiger partial charge >= 0.3 is 0 Å². The van der Waals surface area contributed by atoms with Crippen molar-refractivity contribution in [2.45, 2.75) is 39.5 Å². The van der Waals surface area contributed by atoms with Crippen molar-refractivity contribution in [3.05, 3.63) is 58.5 Å². The molecule has 29 heavy (non-hydrogen) atoms. The highest BCUT2D eigenvalue weighted by molar-refractivity contribution is 7.08. The van der Waals surface area contributed by atoms with Crippen LogP contribution in [0.2, 0.25) is 0 Å². The highest BCUT2D eigenvalue weighted by Crippen LogP contribution is 2.10. The van der Waals surface area contributed by atoms with Crippen molar-refractivity contribution in [3.8, 4) is 11.8 Å². The molecule has 2 aromatic rings. The van der Waals surface area contributed by atoms with Crippen LogP contribution < -0.4 is 0 Å². The fraction of sp³-hybridized carbons (Fsp3) is 0.435. The smallest absolute Gasteiger partial charge is 0.208 e. The quantitative estimate of drug-likeness (QED) is 0.391. The van der Waals surface area contributed by atoms with Crippen LogP contribution in [0.4, 0.5) is 0 Å². The molecule has 0 saturated carbocycles. The Kier molecular flexibility index (Phi) is 9.89. The van der Waals surface area contributed by atoms with Crippen LogP contribution in [0.3, 0.4) is 0 Å². The Morgan fingerprint density at radius 2 is 2.21 bits per heavy atom. The van der Waals surface area contributed by atoms with Crippen LogP contribution in [-0.4, -0.2) is 42.3 Å². The van der Waals surface area contributed by atoms with E-state index in [-0.39, 0.29) is 0 Å². The van der Waals surface area contributed by atoms with Crippen molar-refractivity contribution in [3.63, 3.8) is 0 Å². The summed E-state index contributed by atoms with van der Waals surface area (Å²) in [6, 6.07) is 2.07. The van der Waals surface area contributed by atoms with E-state index in [1.54, 1.807) is 24.6 Å². The van der Waals surface area contributed by atoms with Gasteiger partial charge in [0, 0.05) is 13.7 Å². The number of ether oxygens (including phenoxy) is 2. The molecular weight excluding hydrogens is 384 g/mol. The van der Waals surface area contributed by atoms with Crippen LogP contribution in [0.15, 0.2) is 45.7 Å². The van der Waals surface area contributed by atoms with E-state index in [2.05, 4.69) is 51.6 Å². The van der Waals surface area contributed by atoms with E-state index in [1.807, 2.05) is 32.1 Å². The Morgan fingerprint density at radius 3 is 2.93 bits per heavy atom. The minimum absolute atomic E-state index is 0.415. The molecule has 2 rings (SSSR count). The summed E-state index contributed by atoms with van der Waals surface area (Å²) in [5, 5.41) is 4.16. The van der Waals surface area contributed by atoms with E-state index in [1.165, 1.54) is 5.56 Å². The molecule has 0 aliphatic rings. The van der Waals surface area contributed by atoms with Crippen molar-refractivity contribution in [2.75, 3.05) is 26.8 Å². The summed E-state index contributed by atoms with van der Waals surface area (Å²) in [7, 11) is 1.66. The lowest BCUT2D eigenvalue weighted by atomic mass is 10.1. The molecule has 0 radical (unpaired) electrons. The van der Waals surface area contributed by atoms with E-state index in [4.69, 9.17) is 13.9 Å². The van der Waals surface area contributed by atoms with Crippen molar-refractivity contribution in [1.29, 1.82) is 0 Å². The van der Waals surface area contributed by atoms with Crippen LogP contribution in [-0.2, 0) is 22.6 Å². The molecule has 0 atom stereocenters. The number of hydrogen-bond acceptors (Lipinski definition) is 6. The lowest BCUT2D eigenvalue weighted by Gasteiger charge is -2.15. The molecule has 0 fully saturated rings. The molecule has 0 saturated heterocycles. The SMILES string of the molecule is CCN(CC=CC#CC(C)(C)OC)Cc1ncc(COCC=Cc2ccsc2)o1. The van der Waals surface area contributed by atoms with Crippen LogP contribution in [0, 0.1) is 11.8 Å². The number of aromatic nitrogens is 1. The largest absolute Gasteiger partial charge is 0.442 e. The maximum absolute atomic E-state index is 5.79. The lowest BCUT2D eigenvalue weighted by molar-refractivity contribution is 0.0742. The molecule has 2 heterocycles. The highest BCUT2D eigenvalue weighted by Gasteiger charge is 2.10. The summed E-state index contributed by atoms with van der Waals surface area (Å²) in [6.45, 7) is 9.27. The van der Waals surface area contributed by atoms with Crippen molar-refractivity contribution in [2.24, 2.45) is 0 Å². The number of oxazole rings is 1. The fourth-order valence-electron chi connectivity index (χ4n) is 2.29. The molecule has 0 aliphatic heterocycles. The molecule has 0 bridgehead atoms. The summed E-state index contributed by atoms with van der Waals surface area (Å²) in [5.41, 5.74) is 0.771. The number of likely N-dealkylation sites (N-methyl/N-ethyl adjacent to an activating group) is 1. The van der Waals surface area contributed by atoms with Crippen molar-refractivity contribution < 1.29 is 13.9 Å². The third-order valence-electron chi connectivity index (χ3n) is 4.17. The second kappa shape index (κ2) is 12.4. The first-order valence-corrected chi connectivity index (χ1v) is 10.6. The molecule has 0 spiro atoms. The first-order chi connectivity index (χ1) is 14.0. The number of allylic oxidation sites excluding steroid dienone is 1. The number of methoxy groups -OCH3 is 1. The van der Waals surface area contributed by atoms with E-state index in [0.29, 0.717) is 25.6 Å². The zero-order valence-electron chi connectivity index (χ0n) is 17.7. The number of rotatable bonds is 11.